The molecule has 3 aliphatic heterocycles. The maximum absolute atomic E-state index is 14.4. The fraction of sp³-hybridized carbons (Fsp3) is 0.726. The van der Waals surface area contributed by atoms with Gasteiger partial charge in [0.25, 0.3) is 0 Å². The first kappa shape index (κ1) is 105. The van der Waals surface area contributed by atoms with E-state index in [0.717, 1.165) is 11.8 Å². The number of benzene rings is 1. The van der Waals surface area contributed by atoms with Crippen LogP contribution in [-0.2, 0) is 111 Å². The average molecular weight is 1790 g/mol. The van der Waals surface area contributed by atoms with Gasteiger partial charge in [0.1, 0.15) is 73.1 Å². The van der Waals surface area contributed by atoms with Crippen molar-refractivity contribution in [2.75, 3.05) is 124 Å². The fourth-order valence-corrected chi connectivity index (χ4v) is 12.9. The van der Waals surface area contributed by atoms with Crippen LogP contribution in [0.15, 0.2) is 30.3 Å². The Kier molecular flexibility index (Phi) is 52.4. The molecule has 13 amide bonds. The molecule has 118 heavy (non-hydrogen) atoms. The second kappa shape index (κ2) is 59.1. The first-order valence-corrected chi connectivity index (χ1v) is 40.1. The number of ether oxygens (including phenoxy) is 6. The Labute approximate surface area is 700 Å². The summed E-state index contributed by atoms with van der Waals surface area (Å²) >= 11 is 0.742. The van der Waals surface area contributed by atoms with Crippen LogP contribution < -0.4 is 69.1 Å². The van der Waals surface area contributed by atoms with Crippen LogP contribution in [0.3, 0.4) is 0 Å². The summed E-state index contributed by atoms with van der Waals surface area (Å²) in [5.74, 6) is -8.88. The molecule has 4 rings (SSSR count). The maximum Gasteiger partial charge on any atom is 0.239 e. The van der Waals surface area contributed by atoms with E-state index >= 15 is 0 Å². The summed E-state index contributed by atoms with van der Waals surface area (Å²) in [7, 11) is 0. The molecular formula is C73H120N14O29STc. The summed E-state index contributed by atoms with van der Waals surface area (Å²) in [5.41, 5.74) is 0.393. The van der Waals surface area contributed by atoms with Crippen LogP contribution in [0.4, 0.5) is 0 Å². The molecular weight excluding hydrogens is 1670 g/mol. The second-order valence-corrected chi connectivity index (χ2v) is 29.0. The van der Waals surface area contributed by atoms with Gasteiger partial charge in [0.05, 0.1) is 84.0 Å². The average Bonchev–Trinajstić information content (AvgIpc) is 0.816. The van der Waals surface area contributed by atoms with Crippen LogP contribution in [0.2, 0.25) is 0 Å². The van der Waals surface area contributed by atoms with Gasteiger partial charge in [-0.3, -0.25) is 72.0 Å². The third-order valence-corrected chi connectivity index (χ3v) is 19.3. The number of unbranched alkanes of at least 4 members (excludes halogenated alkanes) is 10. The van der Waals surface area contributed by atoms with Crippen molar-refractivity contribution in [3.8, 4) is 0 Å². The number of rotatable bonds is 56. The van der Waals surface area contributed by atoms with E-state index in [2.05, 4.69) is 69.1 Å². The van der Waals surface area contributed by atoms with Crippen LogP contribution >= 0.6 is 11.8 Å². The standard InChI is InChI=1S/C73H120N14O29S.Tc/c1-43(91)84-60-66(106)63(103)48(39-88)114-71(60)111-28-18-7-4-14-24-74-52(95)32-80-57(100)37-87(38-58(101)81-33-53(96)75-25-15-5-8-19-29-112-72-61(85-44(2)92)67(107)64(104)49(40-89)115-72)47(69(109)83-36-54(97)76-26-16-6-9-20-30-113-73-62(86-45(3)93)68(108)65(105)50(41-90)116-73)23-13-17-27-77-51(94)31-78-55(98)34-79-56(99)35-82-59(102)42-117-70(110)46-21-11-10-12-22-46;/h10-12,21-22,47-50,60-68,71-73,88-90,103-108H,4-9,13-20,23-42H2,1-3H3,(H,74,95)(H,75,96)(H,76,97)(H,77,94)(H,78,98)(H,79,99)(H,80,100)(H,81,101)(H,82,102)(H,83,109)(H,84,91)(H,85,92)(H,86,93);/t47?,48-,49-,50-,60-,61-,62-,63+,64+,65+,66-,67-,68-,71-,72-,73-;/m1./s1/i;1+1. The Balaban J connectivity index is 0.0000360. The van der Waals surface area contributed by atoms with Crippen molar-refractivity contribution in [2.45, 2.75) is 215 Å². The SMILES string of the molecule is CC(=O)N[C@H]1[C@H](OCCCCCCNC(=O)CNC(=O)CN(CC(=O)NCC(=O)NCCCCCCO[C@@H]2O[C@H](CO)[C@H](O)[C@H](O)[C@H]2NC(C)=O)C(CCCCNC(=O)CNC(=O)CNC(=O)CNC(=O)CSC(=O)c2ccccc2)C(=O)NCC(=O)NCCCCCCO[C@@H]2O[C@H](CO)[C@H](O)[C@H](O)[C@H]2NC(C)=O)O[C@H](CO)[C@H](O)[C@@H]1O.[99Tc]. The number of aliphatic hydroxyl groups is 9. The first-order chi connectivity index (χ1) is 56.0. The Morgan fingerprint density at radius 3 is 1.01 bits per heavy atom. The summed E-state index contributed by atoms with van der Waals surface area (Å²) in [6.07, 6.45) is -9.40. The van der Waals surface area contributed by atoms with Gasteiger partial charge in [-0.05, 0) is 57.8 Å². The molecule has 3 heterocycles. The number of amides is 13. The molecule has 0 aromatic heterocycles. The number of carbonyl (C=O) groups excluding carboxylic acids is 14. The van der Waals surface area contributed by atoms with E-state index in [1.165, 1.54) is 25.7 Å². The Bertz CT molecular complexity index is 3180. The number of thioether (sulfide) groups is 1. The van der Waals surface area contributed by atoms with E-state index in [9.17, 15) is 113 Å². The van der Waals surface area contributed by atoms with E-state index in [4.69, 9.17) is 28.4 Å². The zero-order chi connectivity index (χ0) is 86.2. The molecule has 3 aliphatic rings. The second-order valence-electron chi connectivity index (χ2n) is 28.0. The summed E-state index contributed by atoms with van der Waals surface area (Å²) < 4.78 is 34.0. The van der Waals surface area contributed by atoms with Crippen LogP contribution in [0, 0.1) is 0 Å². The summed E-state index contributed by atoms with van der Waals surface area (Å²) in [4.78, 5) is 181. The Morgan fingerprint density at radius 2 is 0.678 bits per heavy atom. The van der Waals surface area contributed by atoms with E-state index in [0.29, 0.717) is 82.6 Å². The van der Waals surface area contributed by atoms with E-state index in [1.807, 2.05) is 0 Å². The quantitative estimate of drug-likeness (QED) is 0.0269. The molecule has 43 nitrogen and oxygen atoms in total. The van der Waals surface area contributed by atoms with Gasteiger partial charge in [-0.15, -0.1) is 0 Å². The van der Waals surface area contributed by atoms with Crippen molar-refractivity contribution in [3.63, 3.8) is 0 Å². The fourth-order valence-electron chi connectivity index (χ4n) is 12.2. The number of aliphatic hydroxyl groups excluding tert-OH is 9. The molecule has 3 saturated heterocycles. The van der Waals surface area contributed by atoms with E-state index in [-0.39, 0.29) is 96.2 Å². The molecule has 669 valence electrons. The van der Waals surface area contributed by atoms with Gasteiger partial charge in [-0.2, -0.15) is 0 Å². The molecule has 0 aliphatic carbocycles. The molecule has 1 aromatic carbocycles. The molecule has 3 fully saturated rings. The van der Waals surface area contributed by atoms with Gasteiger partial charge in [-0.1, -0.05) is 80.6 Å². The monoisotopic (exact) mass is 1790 g/mol. The predicted octanol–water partition coefficient (Wildman–Crippen LogP) is -8.88. The van der Waals surface area contributed by atoms with Crippen LogP contribution in [0.5, 0.6) is 0 Å². The van der Waals surface area contributed by atoms with Gasteiger partial charge >= 0.3 is 0 Å². The van der Waals surface area contributed by atoms with Crippen molar-refractivity contribution in [1.82, 2.24) is 74.0 Å². The molecule has 1 aromatic rings. The zero-order valence-electron chi connectivity index (χ0n) is 66.6. The van der Waals surface area contributed by atoms with Gasteiger partial charge in [0, 0.05) is 92.4 Å². The van der Waals surface area contributed by atoms with E-state index < -0.39 is 247 Å². The maximum atomic E-state index is 14.4. The zero-order valence-corrected chi connectivity index (χ0v) is 69.3. The largest absolute Gasteiger partial charge is 0.394 e. The minimum Gasteiger partial charge on any atom is -0.394 e. The summed E-state index contributed by atoms with van der Waals surface area (Å²) in [5, 5.41) is 124. The van der Waals surface area contributed by atoms with E-state index in [1.54, 1.807) is 30.3 Å². The molecule has 1 radical (unpaired) electrons. The number of hydrogen-bond donors (Lipinski definition) is 22. The summed E-state index contributed by atoms with van der Waals surface area (Å²) in [6.45, 7) is -2.10. The number of nitrogens with zero attached hydrogens (tertiary/aromatic N) is 1. The minimum absolute atomic E-state index is 0. The first-order valence-electron chi connectivity index (χ1n) is 39.1. The van der Waals surface area contributed by atoms with Gasteiger partial charge in [0.15, 0.2) is 18.9 Å². The Morgan fingerprint density at radius 1 is 0.381 bits per heavy atom. The van der Waals surface area contributed by atoms with Crippen LogP contribution in [0.1, 0.15) is 127 Å². The normalized spacial score (nSPS) is 22.9. The van der Waals surface area contributed by atoms with Crippen LogP contribution in [0.25, 0.3) is 0 Å². The van der Waals surface area contributed by atoms with Gasteiger partial charge < -0.3 is 143 Å². The van der Waals surface area contributed by atoms with Crippen molar-refractivity contribution in [3.05, 3.63) is 35.9 Å². The summed E-state index contributed by atoms with van der Waals surface area (Å²) in [6, 6.07) is 3.52. The predicted molar refractivity (Wildman–Crippen MR) is 412 cm³/mol. The smallest absolute Gasteiger partial charge is 0.239 e. The topological polar surface area (TPSA) is 636 Å². The van der Waals surface area contributed by atoms with Crippen molar-refractivity contribution >= 4 is 93.7 Å². The number of nitrogens with one attached hydrogen (secondary N) is 13. The van der Waals surface area contributed by atoms with Crippen LogP contribution in [-0.4, -0.2) is 355 Å². The molecule has 22 N–H and O–H groups in total. The minimum atomic E-state index is -1.49. The van der Waals surface area contributed by atoms with Gasteiger partial charge in [0.2, 0.25) is 81.9 Å². The van der Waals surface area contributed by atoms with Crippen molar-refractivity contribution < 1.29 is 162 Å². The molecule has 45 heteroatoms. The third-order valence-electron chi connectivity index (χ3n) is 18.4. The third kappa shape index (κ3) is 41.1. The van der Waals surface area contributed by atoms with Gasteiger partial charge in [-0.25, -0.2) is 0 Å². The van der Waals surface area contributed by atoms with Crippen molar-refractivity contribution in [2.24, 2.45) is 0 Å². The number of hydrogen-bond acceptors (Lipinski definition) is 31. The molecule has 0 bridgehead atoms. The molecule has 16 atom stereocenters. The molecule has 0 spiro atoms. The molecule has 0 saturated carbocycles. The molecule has 1 unspecified atom stereocenters. The number of carbonyl (C=O) groups is 14. The Hall–Kier alpha value is -7.64. The van der Waals surface area contributed by atoms with Crippen molar-refractivity contribution in [1.29, 1.82) is 0 Å².